The Morgan fingerprint density at radius 1 is 1.32 bits per heavy atom. The SMILES string of the molecule is CSC1(CNc2ncccc2C(=O)N2CCCCC2)CCC1. The number of hydrogen-bond donors (Lipinski definition) is 1. The van der Waals surface area contributed by atoms with Crippen LogP contribution in [0.3, 0.4) is 0 Å². The van der Waals surface area contributed by atoms with Crippen molar-refractivity contribution in [2.24, 2.45) is 0 Å². The molecule has 0 atom stereocenters. The van der Waals surface area contributed by atoms with Crippen LogP contribution in [0.5, 0.6) is 0 Å². The molecule has 22 heavy (non-hydrogen) atoms. The summed E-state index contributed by atoms with van der Waals surface area (Å²) in [6.45, 7) is 2.65. The third kappa shape index (κ3) is 3.24. The molecule has 0 spiro atoms. The van der Waals surface area contributed by atoms with Crippen LogP contribution in [0.15, 0.2) is 18.3 Å². The maximum absolute atomic E-state index is 12.7. The van der Waals surface area contributed by atoms with Crippen LogP contribution in [-0.4, -0.2) is 46.4 Å². The summed E-state index contributed by atoms with van der Waals surface area (Å²) in [5.41, 5.74) is 0.722. The number of thioether (sulfide) groups is 1. The molecule has 1 aliphatic carbocycles. The van der Waals surface area contributed by atoms with Crippen molar-refractivity contribution in [3.05, 3.63) is 23.9 Å². The Hall–Kier alpha value is -1.23. The van der Waals surface area contributed by atoms with E-state index in [2.05, 4.69) is 16.6 Å². The molecule has 120 valence electrons. The van der Waals surface area contributed by atoms with Gasteiger partial charge in [-0.25, -0.2) is 4.98 Å². The van der Waals surface area contributed by atoms with E-state index in [0.717, 1.165) is 43.9 Å². The van der Waals surface area contributed by atoms with Crippen molar-refractivity contribution in [2.75, 3.05) is 31.2 Å². The van der Waals surface area contributed by atoms with E-state index < -0.39 is 0 Å². The van der Waals surface area contributed by atoms with Crippen molar-refractivity contribution in [1.29, 1.82) is 0 Å². The minimum Gasteiger partial charge on any atom is -0.368 e. The molecule has 1 saturated heterocycles. The lowest BCUT2D eigenvalue weighted by atomic mass is 9.84. The summed E-state index contributed by atoms with van der Waals surface area (Å²) < 4.78 is 0.336. The van der Waals surface area contributed by atoms with Gasteiger partial charge in [0.15, 0.2) is 0 Å². The highest BCUT2D eigenvalue weighted by Gasteiger charge is 2.36. The largest absolute Gasteiger partial charge is 0.368 e. The van der Waals surface area contributed by atoms with Crippen molar-refractivity contribution in [2.45, 2.75) is 43.3 Å². The quantitative estimate of drug-likeness (QED) is 0.903. The summed E-state index contributed by atoms with van der Waals surface area (Å²) in [6.07, 6.45) is 11.2. The van der Waals surface area contributed by atoms with Crippen molar-refractivity contribution in [3.63, 3.8) is 0 Å². The normalized spacial score (nSPS) is 20.3. The van der Waals surface area contributed by atoms with E-state index >= 15 is 0 Å². The van der Waals surface area contributed by atoms with Gasteiger partial charge < -0.3 is 10.2 Å². The standard InChI is InChI=1S/C17H25N3OS/c1-22-17(8-6-9-17)13-19-15-14(7-5-10-18-15)16(21)20-11-3-2-4-12-20/h5,7,10H,2-4,6,8-9,11-13H2,1H3,(H,18,19). The summed E-state index contributed by atoms with van der Waals surface area (Å²) in [4.78, 5) is 19.1. The van der Waals surface area contributed by atoms with E-state index in [9.17, 15) is 4.79 Å². The Kier molecular flexibility index (Phi) is 4.91. The fourth-order valence-electron chi connectivity index (χ4n) is 3.26. The van der Waals surface area contributed by atoms with Crippen LogP contribution in [0.1, 0.15) is 48.9 Å². The fraction of sp³-hybridized carbons (Fsp3) is 0.647. The Morgan fingerprint density at radius 3 is 2.73 bits per heavy atom. The van der Waals surface area contributed by atoms with Gasteiger partial charge >= 0.3 is 0 Å². The smallest absolute Gasteiger partial charge is 0.257 e. The summed E-state index contributed by atoms with van der Waals surface area (Å²) in [5.74, 6) is 0.875. The van der Waals surface area contributed by atoms with Gasteiger partial charge in [0.05, 0.1) is 5.56 Å². The van der Waals surface area contributed by atoms with Gasteiger partial charge in [-0.15, -0.1) is 0 Å². The van der Waals surface area contributed by atoms with E-state index in [0.29, 0.717) is 4.75 Å². The number of nitrogens with one attached hydrogen (secondary N) is 1. The second-order valence-corrected chi connectivity index (χ2v) is 7.62. The number of carbonyl (C=O) groups excluding carboxylic acids is 1. The average Bonchev–Trinajstić information content (AvgIpc) is 2.55. The van der Waals surface area contributed by atoms with Gasteiger partial charge in [-0.2, -0.15) is 11.8 Å². The lowest BCUT2D eigenvalue weighted by molar-refractivity contribution is 0.0725. The molecular weight excluding hydrogens is 294 g/mol. The molecule has 0 aromatic carbocycles. The zero-order valence-corrected chi connectivity index (χ0v) is 14.1. The predicted molar refractivity (Wildman–Crippen MR) is 92.6 cm³/mol. The Balaban J connectivity index is 1.70. The minimum absolute atomic E-state index is 0.127. The van der Waals surface area contributed by atoms with Crippen LogP contribution < -0.4 is 5.32 Å². The maximum atomic E-state index is 12.7. The molecule has 4 nitrogen and oxygen atoms in total. The van der Waals surface area contributed by atoms with Gasteiger partial charge in [-0.1, -0.05) is 6.42 Å². The van der Waals surface area contributed by atoms with Crippen LogP contribution in [0.2, 0.25) is 0 Å². The molecule has 3 rings (SSSR count). The molecule has 1 aromatic rings. The molecule has 1 aliphatic heterocycles. The van der Waals surface area contributed by atoms with E-state index in [-0.39, 0.29) is 5.91 Å². The first-order chi connectivity index (χ1) is 10.7. The summed E-state index contributed by atoms with van der Waals surface area (Å²) >= 11 is 1.93. The Bertz CT molecular complexity index is 519. The van der Waals surface area contributed by atoms with Crippen molar-refractivity contribution >= 4 is 23.5 Å². The predicted octanol–water partition coefficient (Wildman–Crippen LogP) is 3.41. The first-order valence-electron chi connectivity index (χ1n) is 8.27. The van der Waals surface area contributed by atoms with Gasteiger partial charge in [0.2, 0.25) is 0 Å². The highest BCUT2D eigenvalue weighted by molar-refractivity contribution is 8.00. The van der Waals surface area contributed by atoms with Gasteiger partial charge in [0.25, 0.3) is 5.91 Å². The van der Waals surface area contributed by atoms with E-state index in [4.69, 9.17) is 0 Å². The molecule has 1 N–H and O–H groups in total. The number of piperidine rings is 1. The molecule has 0 radical (unpaired) electrons. The number of carbonyl (C=O) groups is 1. The summed E-state index contributed by atoms with van der Waals surface area (Å²) in [6, 6.07) is 3.76. The summed E-state index contributed by atoms with van der Waals surface area (Å²) in [5, 5.41) is 3.45. The number of amides is 1. The topological polar surface area (TPSA) is 45.2 Å². The van der Waals surface area contributed by atoms with E-state index in [1.54, 1.807) is 6.20 Å². The van der Waals surface area contributed by atoms with Gasteiger partial charge in [0.1, 0.15) is 5.82 Å². The first-order valence-corrected chi connectivity index (χ1v) is 9.50. The number of aromatic nitrogens is 1. The minimum atomic E-state index is 0.127. The molecule has 2 fully saturated rings. The van der Waals surface area contributed by atoms with Crippen LogP contribution in [0.4, 0.5) is 5.82 Å². The van der Waals surface area contributed by atoms with E-state index in [1.165, 1.54) is 25.7 Å². The third-order valence-corrected chi connectivity index (χ3v) is 6.38. The highest BCUT2D eigenvalue weighted by atomic mass is 32.2. The van der Waals surface area contributed by atoms with Crippen LogP contribution >= 0.6 is 11.8 Å². The van der Waals surface area contributed by atoms with Crippen LogP contribution in [0.25, 0.3) is 0 Å². The zero-order chi connectivity index (χ0) is 15.4. The first kappa shape index (κ1) is 15.7. The van der Waals surface area contributed by atoms with Crippen molar-refractivity contribution in [1.82, 2.24) is 9.88 Å². The van der Waals surface area contributed by atoms with Gasteiger partial charge in [-0.05, 0) is 50.5 Å². The number of rotatable bonds is 5. The number of anilines is 1. The Labute approximate surface area is 137 Å². The molecule has 1 saturated carbocycles. The monoisotopic (exact) mass is 319 g/mol. The van der Waals surface area contributed by atoms with E-state index in [1.807, 2.05) is 28.8 Å². The number of nitrogens with zero attached hydrogens (tertiary/aromatic N) is 2. The fourth-order valence-corrected chi connectivity index (χ4v) is 4.17. The number of likely N-dealkylation sites (tertiary alicyclic amines) is 1. The number of pyridine rings is 1. The molecule has 2 aliphatic rings. The second-order valence-electron chi connectivity index (χ2n) is 6.35. The van der Waals surface area contributed by atoms with Gasteiger partial charge in [-0.3, -0.25) is 4.79 Å². The van der Waals surface area contributed by atoms with Crippen molar-refractivity contribution < 1.29 is 4.79 Å². The van der Waals surface area contributed by atoms with Gasteiger partial charge in [0, 0.05) is 30.6 Å². The molecule has 1 amide bonds. The lowest BCUT2D eigenvalue weighted by Crippen LogP contribution is -2.41. The lowest BCUT2D eigenvalue weighted by Gasteiger charge is -2.40. The maximum Gasteiger partial charge on any atom is 0.257 e. The molecule has 5 heteroatoms. The summed E-state index contributed by atoms with van der Waals surface area (Å²) in [7, 11) is 0. The third-order valence-electron chi connectivity index (χ3n) is 4.96. The number of hydrogen-bond acceptors (Lipinski definition) is 4. The molecule has 1 aromatic heterocycles. The molecule has 2 heterocycles. The Morgan fingerprint density at radius 2 is 2.09 bits per heavy atom. The van der Waals surface area contributed by atoms with Crippen LogP contribution in [-0.2, 0) is 0 Å². The highest BCUT2D eigenvalue weighted by Crippen LogP contribution is 2.42. The molecule has 0 bridgehead atoms. The second kappa shape index (κ2) is 6.90. The molecule has 0 unspecified atom stereocenters. The van der Waals surface area contributed by atoms with Crippen molar-refractivity contribution in [3.8, 4) is 0 Å². The average molecular weight is 319 g/mol. The van der Waals surface area contributed by atoms with Crippen LogP contribution in [0, 0.1) is 0 Å². The zero-order valence-electron chi connectivity index (χ0n) is 13.3. The molecular formula is C17H25N3OS.